The maximum Gasteiger partial charge on any atom is 0.354 e. The van der Waals surface area contributed by atoms with E-state index in [0.717, 1.165) is 24.8 Å². The molecule has 1 aromatic rings. The molecule has 0 amide bonds. The van der Waals surface area contributed by atoms with Crippen LogP contribution in [0.25, 0.3) is 6.08 Å². The Labute approximate surface area is 111 Å². The zero-order valence-corrected chi connectivity index (χ0v) is 10.5. The van der Waals surface area contributed by atoms with Crippen LogP contribution in [0.15, 0.2) is 36.0 Å². The molecule has 1 fully saturated rings. The summed E-state index contributed by atoms with van der Waals surface area (Å²) >= 11 is 0. The minimum atomic E-state index is -1.07. The van der Waals surface area contributed by atoms with Crippen molar-refractivity contribution in [3.8, 4) is 0 Å². The summed E-state index contributed by atoms with van der Waals surface area (Å²) in [6.45, 7) is 0.650. The lowest BCUT2D eigenvalue weighted by molar-refractivity contribution is -0.191. The molecule has 1 saturated heterocycles. The van der Waals surface area contributed by atoms with Gasteiger partial charge in [0.05, 0.1) is 0 Å². The minimum absolute atomic E-state index is 0.0135. The average molecular weight is 263 g/mol. The predicted octanol–water partition coefficient (Wildman–Crippen LogP) is 2.16. The van der Waals surface area contributed by atoms with Crippen LogP contribution in [0.2, 0.25) is 0 Å². The highest BCUT2D eigenvalue weighted by Gasteiger charge is 2.16. The van der Waals surface area contributed by atoms with Crippen LogP contribution in [-0.2, 0) is 14.4 Å². The maximum atomic E-state index is 11.1. The fourth-order valence-corrected chi connectivity index (χ4v) is 1.78. The van der Waals surface area contributed by atoms with Crippen LogP contribution in [0.1, 0.15) is 24.8 Å². The molecule has 0 bridgehead atoms. The van der Waals surface area contributed by atoms with Crippen LogP contribution < -0.4 is 5.48 Å². The molecule has 0 spiro atoms. The zero-order chi connectivity index (χ0) is 13.5. The van der Waals surface area contributed by atoms with Crippen molar-refractivity contribution in [3.05, 3.63) is 41.6 Å². The van der Waals surface area contributed by atoms with Crippen molar-refractivity contribution in [1.29, 1.82) is 0 Å². The summed E-state index contributed by atoms with van der Waals surface area (Å²) in [4.78, 5) is 16.4. The van der Waals surface area contributed by atoms with E-state index in [1.165, 1.54) is 6.08 Å². The van der Waals surface area contributed by atoms with Crippen LogP contribution >= 0.6 is 0 Å². The molecule has 0 radical (unpaired) electrons. The Balaban J connectivity index is 1.96. The Kier molecular flexibility index (Phi) is 4.94. The van der Waals surface area contributed by atoms with E-state index in [-0.39, 0.29) is 12.0 Å². The smallest absolute Gasteiger partial charge is 0.354 e. The maximum absolute atomic E-state index is 11.1. The lowest BCUT2D eigenvalue weighted by Crippen LogP contribution is -2.31. The summed E-state index contributed by atoms with van der Waals surface area (Å²) in [5, 5.41) is 9.11. The van der Waals surface area contributed by atoms with Gasteiger partial charge in [0, 0.05) is 13.0 Å². The molecule has 0 aromatic heterocycles. The number of hydroxylamine groups is 1. The van der Waals surface area contributed by atoms with Crippen LogP contribution in [0.4, 0.5) is 0 Å². The van der Waals surface area contributed by atoms with E-state index in [1.807, 2.05) is 30.3 Å². The van der Waals surface area contributed by atoms with Gasteiger partial charge in [0.15, 0.2) is 6.29 Å². The van der Waals surface area contributed by atoms with E-state index in [1.54, 1.807) is 0 Å². The zero-order valence-electron chi connectivity index (χ0n) is 10.5. The molecule has 5 nitrogen and oxygen atoms in total. The first-order valence-electron chi connectivity index (χ1n) is 6.29. The molecule has 1 unspecified atom stereocenters. The second-order valence-corrected chi connectivity index (χ2v) is 4.29. The first-order valence-corrected chi connectivity index (χ1v) is 6.29. The quantitative estimate of drug-likeness (QED) is 0.629. The van der Waals surface area contributed by atoms with Crippen molar-refractivity contribution in [2.45, 2.75) is 25.6 Å². The number of hydrogen-bond acceptors (Lipinski definition) is 4. The van der Waals surface area contributed by atoms with Gasteiger partial charge in [-0.25, -0.2) is 9.63 Å². The number of hydrogen-bond donors (Lipinski definition) is 2. The highest BCUT2D eigenvalue weighted by molar-refractivity contribution is 5.91. The van der Waals surface area contributed by atoms with E-state index in [2.05, 4.69) is 5.48 Å². The van der Waals surface area contributed by atoms with Crippen molar-refractivity contribution in [2.75, 3.05) is 6.61 Å². The first-order chi connectivity index (χ1) is 9.25. The third-order valence-electron chi connectivity index (χ3n) is 2.78. The molecular weight excluding hydrogens is 246 g/mol. The molecule has 2 rings (SSSR count). The number of aliphatic carboxylic acids is 1. The van der Waals surface area contributed by atoms with Gasteiger partial charge < -0.3 is 9.84 Å². The van der Waals surface area contributed by atoms with Gasteiger partial charge in [-0.3, -0.25) is 5.48 Å². The lowest BCUT2D eigenvalue weighted by atomic mass is 10.2. The second-order valence-electron chi connectivity index (χ2n) is 4.29. The fourth-order valence-electron chi connectivity index (χ4n) is 1.78. The number of benzene rings is 1. The van der Waals surface area contributed by atoms with Gasteiger partial charge in [-0.15, -0.1) is 0 Å². The third-order valence-corrected chi connectivity index (χ3v) is 2.78. The predicted molar refractivity (Wildman–Crippen MR) is 69.9 cm³/mol. The molecule has 19 heavy (non-hydrogen) atoms. The Hall–Kier alpha value is -1.85. The Morgan fingerprint density at radius 1 is 1.37 bits per heavy atom. The van der Waals surface area contributed by atoms with E-state index in [4.69, 9.17) is 14.7 Å². The molecule has 0 aliphatic carbocycles. The van der Waals surface area contributed by atoms with E-state index < -0.39 is 5.97 Å². The van der Waals surface area contributed by atoms with Gasteiger partial charge in [-0.05, 0) is 24.5 Å². The van der Waals surface area contributed by atoms with Gasteiger partial charge in [0.2, 0.25) is 0 Å². The SMILES string of the molecule is O=C(O)/C(=C/c1ccccc1)NOC1CCCCO1. The summed E-state index contributed by atoms with van der Waals surface area (Å²) in [6.07, 6.45) is 3.95. The van der Waals surface area contributed by atoms with E-state index in [9.17, 15) is 4.79 Å². The molecule has 2 N–H and O–H groups in total. The van der Waals surface area contributed by atoms with E-state index in [0.29, 0.717) is 6.61 Å². The normalized spacial score (nSPS) is 20.0. The van der Waals surface area contributed by atoms with Crippen molar-refractivity contribution in [1.82, 2.24) is 5.48 Å². The number of rotatable bonds is 5. The summed E-state index contributed by atoms with van der Waals surface area (Å²) in [7, 11) is 0. The highest BCUT2D eigenvalue weighted by atomic mass is 16.8. The topological polar surface area (TPSA) is 67.8 Å². The average Bonchev–Trinajstić information content (AvgIpc) is 2.45. The Morgan fingerprint density at radius 3 is 2.79 bits per heavy atom. The van der Waals surface area contributed by atoms with Crippen LogP contribution in [0.3, 0.4) is 0 Å². The standard InChI is InChI=1S/C14H17NO4/c16-14(17)12(10-11-6-2-1-3-7-11)15-19-13-8-4-5-9-18-13/h1-3,6-7,10,13,15H,4-5,8-9H2,(H,16,17)/b12-10-. The number of nitrogens with one attached hydrogen (secondary N) is 1. The molecule has 0 saturated carbocycles. The van der Waals surface area contributed by atoms with Gasteiger partial charge >= 0.3 is 5.97 Å². The summed E-state index contributed by atoms with van der Waals surface area (Å²) < 4.78 is 5.35. The van der Waals surface area contributed by atoms with Gasteiger partial charge in [0.25, 0.3) is 0 Å². The van der Waals surface area contributed by atoms with Gasteiger partial charge in [0.1, 0.15) is 5.70 Å². The van der Waals surface area contributed by atoms with Crippen LogP contribution in [-0.4, -0.2) is 24.0 Å². The van der Waals surface area contributed by atoms with Crippen molar-refractivity contribution < 1.29 is 19.5 Å². The molecule has 1 aliphatic rings. The largest absolute Gasteiger partial charge is 0.477 e. The van der Waals surface area contributed by atoms with Crippen LogP contribution in [0.5, 0.6) is 0 Å². The van der Waals surface area contributed by atoms with Gasteiger partial charge in [-0.2, -0.15) is 0 Å². The number of ether oxygens (including phenoxy) is 1. The fraction of sp³-hybridized carbons (Fsp3) is 0.357. The number of carboxylic acid groups (broad SMARTS) is 1. The van der Waals surface area contributed by atoms with Crippen molar-refractivity contribution in [3.63, 3.8) is 0 Å². The Bertz CT molecular complexity index is 438. The first kappa shape index (κ1) is 13.6. The van der Waals surface area contributed by atoms with E-state index >= 15 is 0 Å². The lowest BCUT2D eigenvalue weighted by Gasteiger charge is -2.22. The monoisotopic (exact) mass is 263 g/mol. The molecule has 5 heteroatoms. The number of carbonyl (C=O) groups is 1. The molecule has 102 valence electrons. The molecular formula is C14H17NO4. The molecule has 1 heterocycles. The third kappa shape index (κ3) is 4.39. The molecule has 1 atom stereocenters. The number of carboxylic acids is 1. The second kappa shape index (κ2) is 6.92. The molecule has 1 aliphatic heterocycles. The summed E-state index contributed by atoms with van der Waals surface area (Å²) in [6, 6.07) is 9.20. The van der Waals surface area contributed by atoms with Crippen LogP contribution in [0, 0.1) is 0 Å². The molecule has 1 aromatic carbocycles. The van der Waals surface area contributed by atoms with Crippen molar-refractivity contribution >= 4 is 12.0 Å². The van der Waals surface area contributed by atoms with Gasteiger partial charge in [-0.1, -0.05) is 30.3 Å². The minimum Gasteiger partial charge on any atom is -0.477 e. The summed E-state index contributed by atoms with van der Waals surface area (Å²) in [5.41, 5.74) is 3.25. The Morgan fingerprint density at radius 2 is 2.16 bits per heavy atom. The van der Waals surface area contributed by atoms with Crippen molar-refractivity contribution in [2.24, 2.45) is 0 Å². The summed E-state index contributed by atoms with van der Waals surface area (Å²) in [5.74, 6) is -1.07. The highest BCUT2D eigenvalue weighted by Crippen LogP contribution is 2.13.